The Bertz CT molecular complexity index is 83.4. The Labute approximate surface area is 70.7 Å². The van der Waals surface area contributed by atoms with Gasteiger partial charge in [-0.1, -0.05) is 0 Å². The van der Waals surface area contributed by atoms with Crippen LogP contribution in [-0.4, -0.2) is 16.9 Å². The van der Waals surface area contributed by atoms with E-state index in [9.17, 15) is 0 Å². The Balaban J connectivity index is -0.000000125. The quantitative estimate of drug-likeness (QED) is 0.310. The molecule has 0 unspecified atom stereocenters. The van der Waals surface area contributed by atoms with Crippen molar-refractivity contribution in [3.05, 3.63) is 0 Å². The van der Waals surface area contributed by atoms with Gasteiger partial charge in [0.05, 0.1) is 0 Å². The third-order valence-electron chi connectivity index (χ3n) is 0.238. The van der Waals surface area contributed by atoms with Gasteiger partial charge < -0.3 is 15.7 Å². The van der Waals surface area contributed by atoms with Gasteiger partial charge in [0.1, 0.15) is 0 Å². The van der Waals surface area contributed by atoms with Crippen LogP contribution in [0, 0.1) is 0 Å². The fourth-order valence-corrected chi connectivity index (χ4v) is 0. The third kappa shape index (κ3) is 11.2. The van der Waals surface area contributed by atoms with Crippen molar-refractivity contribution in [2.24, 2.45) is 0 Å². The normalized spacial score (nSPS) is 10.1. The smallest absolute Gasteiger partial charge is 1.00 e. The van der Waals surface area contributed by atoms with Gasteiger partial charge in [-0.15, -0.1) is 0 Å². The first-order valence-electron chi connectivity index (χ1n) is 1.17. The predicted molar refractivity (Wildman–Crippen MR) is 26.8 cm³/mol. The summed E-state index contributed by atoms with van der Waals surface area (Å²) in [6.07, 6.45) is 0. The second kappa shape index (κ2) is 4.41. The van der Waals surface area contributed by atoms with Crippen molar-refractivity contribution in [1.29, 1.82) is 0 Å². The maximum atomic E-state index is 8.09. The molecule has 3 nitrogen and oxygen atoms in total. The molecule has 0 saturated carbocycles. The van der Waals surface area contributed by atoms with E-state index in [0.29, 0.717) is 0 Å². The molecular weight excluding hydrogens is 146 g/mol. The molecule has 0 aliphatic rings. The molecule has 0 amide bonds. The van der Waals surface area contributed by atoms with Crippen LogP contribution < -0.4 is 29.6 Å². The van der Waals surface area contributed by atoms with Crippen LogP contribution in [0.25, 0.3) is 0 Å². The molecule has 0 aliphatic heterocycles. The van der Waals surface area contributed by atoms with Gasteiger partial charge in [-0.3, -0.25) is 0 Å². The maximum Gasteiger partial charge on any atom is 1.00 e. The summed E-state index contributed by atoms with van der Waals surface area (Å²) >= 11 is 3.99. The molecule has 0 bridgehead atoms. The molecule has 0 rings (SSSR count). The van der Waals surface area contributed by atoms with Crippen molar-refractivity contribution in [3.8, 4) is 0 Å². The van der Waals surface area contributed by atoms with E-state index in [0.717, 1.165) is 7.11 Å². The fraction of sp³-hybridized carbons (Fsp3) is 1.00. The topological polar surface area (TPSA) is 49.7 Å². The van der Waals surface area contributed by atoms with Crippen LogP contribution in [0.4, 0.5) is 0 Å². The summed E-state index contributed by atoms with van der Waals surface area (Å²) in [5.41, 5.74) is 0. The van der Waals surface area contributed by atoms with E-state index in [1.165, 1.54) is 0 Å². The summed E-state index contributed by atoms with van der Waals surface area (Å²) in [6, 6.07) is 0. The van der Waals surface area contributed by atoms with Crippen LogP contribution >= 0.6 is 6.72 Å². The maximum absolute atomic E-state index is 8.09. The second-order valence-corrected chi connectivity index (χ2v) is 3.45. The van der Waals surface area contributed by atoms with Gasteiger partial charge >= 0.3 is 36.3 Å². The number of rotatable bonds is 1. The second-order valence-electron chi connectivity index (χ2n) is 0.673. The summed E-state index contributed by atoms with van der Waals surface area (Å²) in [7, 11) is 1.15. The fourth-order valence-electron chi connectivity index (χ4n) is 0. The first-order chi connectivity index (χ1) is 2.56. The van der Waals surface area contributed by atoms with E-state index >= 15 is 0 Å². The molecule has 0 aromatic carbocycles. The van der Waals surface area contributed by atoms with E-state index in [1.807, 2.05) is 0 Å². The van der Waals surface area contributed by atoms with Crippen LogP contribution in [0.5, 0.6) is 0 Å². The van der Waals surface area contributed by atoms with Crippen LogP contribution in [0.1, 0.15) is 1.43 Å². The average molecular weight is 152 g/mol. The van der Waals surface area contributed by atoms with E-state index in [4.69, 9.17) is 9.79 Å². The molecule has 0 fully saturated rings. The van der Waals surface area contributed by atoms with Crippen molar-refractivity contribution in [3.63, 3.8) is 0 Å². The monoisotopic (exact) mass is 152 g/mol. The Kier molecular flexibility index (Phi) is 7.15. The third-order valence-corrected chi connectivity index (χ3v) is 1.16. The summed E-state index contributed by atoms with van der Waals surface area (Å²) in [5, 5.41) is 0. The van der Waals surface area contributed by atoms with Crippen molar-refractivity contribution in [1.82, 2.24) is 0 Å². The van der Waals surface area contributed by atoms with Crippen molar-refractivity contribution in [2.45, 2.75) is 0 Å². The minimum absolute atomic E-state index is 0. The van der Waals surface area contributed by atoms with Crippen LogP contribution in [0.15, 0.2) is 0 Å². The van der Waals surface area contributed by atoms with E-state index in [-0.39, 0.29) is 31.0 Å². The molecule has 0 atom stereocenters. The SMILES string of the molecule is COP(O)(O)=S.[H-].[Na+]. The molecular formula is CH6NaO3PS. The molecule has 0 spiro atoms. The van der Waals surface area contributed by atoms with Crippen molar-refractivity contribution in [2.75, 3.05) is 7.11 Å². The molecule has 0 heterocycles. The summed E-state index contributed by atoms with van der Waals surface area (Å²) in [5.74, 6) is 0. The molecule has 7 heavy (non-hydrogen) atoms. The van der Waals surface area contributed by atoms with Gasteiger partial charge in [-0.2, -0.15) is 0 Å². The number of hydrogen-bond acceptors (Lipinski definition) is 2. The zero-order valence-electron chi connectivity index (χ0n) is 5.16. The van der Waals surface area contributed by atoms with Gasteiger partial charge in [0.25, 0.3) is 0 Å². The summed E-state index contributed by atoms with van der Waals surface area (Å²) in [4.78, 5) is 16.2. The van der Waals surface area contributed by atoms with Gasteiger partial charge in [-0.25, -0.2) is 0 Å². The molecule has 0 aromatic rings. The summed E-state index contributed by atoms with van der Waals surface area (Å²) < 4.78 is 3.97. The molecule has 6 heteroatoms. The Morgan fingerprint density at radius 2 is 1.86 bits per heavy atom. The average Bonchev–Trinajstić information content (AvgIpc) is 1.35. The number of hydrogen-bond donors (Lipinski definition) is 2. The van der Waals surface area contributed by atoms with E-state index in [1.54, 1.807) is 0 Å². The van der Waals surface area contributed by atoms with Crippen LogP contribution in [-0.2, 0) is 16.3 Å². The van der Waals surface area contributed by atoms with E-state index < -0.39 is 6.72 Å². The Morgan fingerprint density at radius 1 is 1.71 bits per heavy atom. The van der Waals surface area contributed by atoms with Gasteiger partial charge in [0.2, 0.25) is 0 Å². The molecule has 0 aliphatic carbocycles. The first-order valence-corrected chi connectivity index (χ1v) is 3.80. The Morgan fingerprint density at radius 3 is 1.86 bits per heavy atom. The van der Waals surface area contributed by atoms with Gasteiger partial charge in [0.15, 0.2) is 0 Å². The van der Waals surface area contributed by atoms with E-state index in [2.05, 4.69) is 16.3 Å². The largest absolute Gasteiger partial charge is 1.00 e. The van der Waals surface area contributed by atoms with Gasteiger partial charge in [-0.05, 0) is 11.8 Å². The molecule has 40 valence electrons. The van der Waals surface area contributed by atoms with Crippen molar-refractivity contribution < 1.29 is 45.3 Å². The van der Waals surface area contributed by atoms with Crippen LogP contribution in [0.2, 0.25) is 0 Å². The first kappa shape index (κ1) is 11.3. The molecule has 0 aromatic heterocycles. The zero-order valence-corrected chi connectivity index (χ0v) is 7.87. The van der Waals surface area contributed by atoms with Crippen molar-refractivity contribution >= 4 is 18.5 Å². The predicted octanol–water partition coefficient (Wildman–Crippen LogP) is -3.04. The minimum Gasteiger partial charge on any atom is -1.00 e. The molecule has 2 N–H and O–H groups in total. The minimum atomic E-state index is -3.31. The standard InChI is InChI=1S/CH5O3PS.Na.H/c1-4-5(2,3)6;;/h1H3,(H2,2,3,6);;/q;+1;-1. The molecule has 0 saturated heterocycles. The van der Waals surface area contributed by atoms with Gasteiger partial charge in [0, 0.05) is 7.11 Å². The summed E-state index contributed by atoms with van der Waals surface area (Å²) in [6.45, 7) is -3.31. The Hall–Kier alpha value is 1.53. The molecule has 0 radical (unpaired) electrons. The zero-order chi connectivity index (χ0) is 5.21. The van der Waals surface area contributed by atoms with Crippen LogP contribution in [0.3, 0.4) is 0 Å².